The molecule has 0 radical (unpaired) electrons. The normalized spacial score (nSPS) is 19.4. The zero-order valence-corrected chi connectivity index (χ0v) is 25.0. The van der Waals surface area contributed by atoms with E-state index in [4.69, 9.17) is 18.9 Å². The molecule has 1 fully saturated rings. The molecular weight excluding hydrogens is 548 g/mol. The van der Waals surface area contributed by atoms with Crippen molar-refractivity contribution in [3.05, 3.63) is 82.9 Å². The van der Waals surface area contributed by atoms with Crippen LogP contribution in [-0.4, -0.2) is 61.6 Å². The van der Waals surface area contributed by atoms with E-state index in [1.807, 2.05) is 72.5 Å². The number of carbonyl (C=O) groups excluding carboxylic acids is 1. The van der Waals surface area contributed by atoms with Crippen LogP contribution < -0.4 is 19.5 Å². The number of nitrogens with zero attached hydrogens (tertiary/aromatic N) is 1. The Morgan fingerprint density at radius 3 is 2.30 bits per heavy atom. The second kappa shape index (κ2) is 13.9. The fourth-order valence-electron chi connectivity index (χ4n) is 6.16. The highest BCUT2D eigenvalue weighted by atomic mass is 16.7. The Hall–Kier alpha value is -4.08. The highest BCUT2D eigenvalue weighted by molar-refractivity contribution is 5.94. The molecular formula is C34H40N2O7. The van der Waals surface area contributed by atoms with Gasteiger partial charge >= 0.3 is 5.97 Å². The fourth-order valence-corrected chi connectivity index (χ4v) is 6.16. The molecule has 9 nitrogen and oxygen atoms in total. The van der Waals surface area contributed by atoms with Crippen LogP contribution in [0.3, 0.4) is 0 Å². The number of fused-ring (bicyclic) bond motifs is 1. The Morgan fingerprint density at radius 1 is 0.930 bits per heavy atom. The third-order valence-electron chi connectivity index (χ3n) is 8.24. The minimum absolute atomic E-state index is 0.0449. The van der Waals surface area contributed by atoms with Gasteiger partial charge in [-0.2, -0.15) is 0 Å². The van der Waals surface area contributed by atoms with Gasteiger partial charge in [0.25, 0.3) is 0 Å². The van der Waals surface area contributed by atoms with E-state index in [-0.39, 0.29) is 25.2 Å². The number of amides is 1. The van der Waals surface area contributed by atoms with Crippen LogP contribution in [-0.2, 0) is 27.2 Å². The summed E-state index contributed by atoms with van der Waals surface area (Å²) >= 11 is 0. The number of carboxylic acids is 1. The molecule has 2 aliphatic heterocycles. The number of anilines is 1. The Morgan fingerprint density at radius 2 is 1.63 bits per heavy atom. The Bertz CT molecular complexity index is 1400. The van der Waals surface area contributed by atoms with E-state index in [0.29, 0.717) is 43.6 Å². The number of hydrogen-bond acceptors (Lipinski definition) is 7. The van der Waals surface area contributed by atoms with Gasteiger partial charge in [0, 0.05) is 30.8 Å². The number of rotatable bonds is 13. The Balaban J connectivity index is 1.44. The summed E-state index contributed by atoms with van der Waals surface area (Å²) in [6, 6.07) is 18.6. The van der Waals surface area contributed by atoms with Crippen molar-refractivity contribution in [3.63, 3.8) is 0 Å². The van der Waals surface area contributed by atoms with E-state index in [0.717, 1.165) is 40.8 Å². The van der Waals surface area contributed by atoms with Crippen LogP contribution in [0.1, 0.15) is 55.0 Å². The van der Waals surface area contributed by atoms with Crippen LogP contribution in [0.4, 0.5) is 5.69 Å². The van der Waals surface area contributed by atoms with Gasteiger partial charge in [-0.3, -0.25) is 14.5 Å². The van der Waals surface area contributed by atoms with Gasteiger partial charge in [-0.15, -0.1) is 0 Å². The molecule has 0 spiro atoms. The third kappa shape index (κ3) is 6.78. The van der Waals surface area contributed by atoms with E-state index < -0.39 is 17.9 Å². The summed E-state index contributed by atoms with van der Waals surface area (Å²) in [5.74, 6) is -0.348. The molecule has 1 saturated heterocycles. The van der Waals surface area contributed by atoms with Crippen LogP contribution in [0.2, 0.25) is 0 Å². The molecule has 9 heteroatoms. The van der Waals surface area contributed by atoms with Crippen LogP contribution >= 0.6 is 0 Å². The van der Waals surface area contributed by atoms with Gasteiger partial charge < -0.3 is 29.4 Å². The minimum Gasteiger partial charge on any atom is -0.491 e. The maximum atomic E-state index is 13.6. The third-order valence-corrected chi connectivity index (χ3v) is 8.24. The summed E-state index contributed by atoms with van der Waals surface area (Å²) in [5.41, 5.74) is 4.65. The summed E-state index contributed by atoms with van der Waals surface area (Å²) < 4.78 is 22.2. The Kier molecular flexibility index (Phi) is 9.84. The average Bonchev–Trinajstić information content (AvgIpc) is 3.64. The van der Waals surface area contributed by atoms with Crippen LogP contribution in [0.25, 0.3) is 0 Å². The van der Waals surface area contributed by atoms with Crippen molar-refractivity contribution in [1.29, 1.82) is 0 Å². The van der Waals surface area contributed by atoms with Crippen molar-refractivity contribution in [2.75, 3.05) is 45.0 Å². The summed E-state index contributed by atoms with van der Waals surface area (Å²) in [6.45, 7) is 8.17. The molecule has 3 aromatic carbocycles. The lowest BCUT2D eigenvalue weighted by atomic mass is 9.82. The first-order chi connectivity index (χ1) is 20.9. The fraction of sp³-hybridized carbons (Fsp3) is 0.412. The van der Waals surface area contributed by atoms with Crippen LogP contribution in [0, 0.1) is 5.92 Å². The van der Waals surface area contributed by atoms with Gasteiger partial charge in [0.15, 0.2) is 11.5 Å². The number of ether oxygens (including phenoxy) is 4. The molecule has 2 N–H and O–H groups in total. The van der Waals surface area contributed by atoms with Crippen molar-refractivity contribution in [1.82, 2.24) is 4.90 Å². The van der Waals surface area contributed by atoms with Gasteiger partial charge in [-0.1, -0.05) is 50.2 Å². The van der Waals surface area contributed by atoms with Crippen LogP contribution in [0.5, 0.6) is 17.2 Å². The SMILES string of the molecule is CCOCCOc1ccc([C@H]2C(C(=O)O)[C@@H](c3ccc4c(c3)OCO4)CN2CC(=O)Nc2c(CC)cccc2CC)cc1. The number of hydrogen-bond donors (Lipinski definition) is 2. The molecule has 1 unspecified atom stereocenters. The zero-order chi connectivity index (χ0) is 30.3. The monoisotopic (exact) mass is 588 g/mol. The number of para-hydroxylation sites is 1. The number of carboxylic acid groups (broad SMARTS) is 1. The van der Waals surface area contributed by atoms with Crippen molar-refractivity contribution in [3.8, 4) is 17.2 Å². The predicted octanol–water partition coefficient (Wildman–Crippen LogP) is 5.44. The number of aliphatic carboxylic acids is 1. The van der Waals surface area contributed by atoms with E-state index in [1.165, 1.54) is 0 Å². The van der Waals surface area contributed by atoms with Gasteiger partial charge in [0.05, 0.1) is 19.1 Å². The van der Waals surface area contributed by atoms with E-state index in [2.05, 4.69) is 19.2 Å². The molecule has 2 aliphatic rings. The summed E-state index contributed by atoms with van der Waals surface area (Å²) in [7, 11) is 0. The van der Waals surface area contributed by atoms with Gasteiger partial charge in [0.1, 0.15) is 12.4 Å². The molecule has 3 aromatic rings. The first kappa shape index (κ1) is 30.4. The van der Waals surface area contributed by atoms with Crippen LogP contribution in [0.15, 0.2) is 60.7 Å². The summed E-state index contributed by atoms with van der Waals surface area (Å²) in [4.78, 5) is 28.5. The van der Waals surface area contributed by atoms with E-state index in [9.17, 15) is 14.7 Å². The van der Waals surface area contributed by atoms with E-state index in [1.54, 1.807) is 0 Å². The number of benzene rings is 3. The van der Waals surface area contributed by atoms with Crippen molar-refractivity contribution in [2.45, 2.75) is 45.6 Å². The Labute approximate surface area is 252 Å². The molecule has 228 valence electrons. The minimum atomic E-state index is -0.919. The number of carbonyl (C=O) groups is 2. The second-order valence-corrected chi connectivity index (χ2v) is 10.8. The van der Waals surface area contributed by atoms with E-state index >= 15 is 0 Å². The first-order valence-electron chi connectivity index (χ1n) is 15.0. The number of aryl methyl sites for hydroxylation is 2. The standard InChI is InChI=1S/C34H40N2O7/c1-4-22-8-7-9-23(5-2)32(22)35-30(37)20-36-19-27(25-12-15-28-29(18-25)43-21-42-28)31(34(38)39)33(36)24-10-13-26(14-11-24)41-17-16-40-6-3/h7-15,18,27,31,33H,4-6,16-17,19-21H2,1-3H3,(H,35,37)(H,38,39)/t27-,31?,33+/m1/s1. The zero-order valence-electron chi connectivity index (χ0n) is 25.0. The van der Waals surface area contributed by atoms with Crippen molar-refractivity contribution < 1.29 is 33.6 Å². The molecule has 3 atom stereocenters. The highest BCUT2D eigenvalue weighted by Gasteiger charge is 2.48. The second-order valence-electron chi connectivity index (χ2n) is 10.8. The number of likely N-dealkylation sites (tertiary alicyclic amines) is 1. The van der Waals surface area contributed by atoms with Crippen molar-refractivity contribution in [2.24, 2.45) is 5.92 Å². The molecule has 0 aromatic heterocycles. The van der Waals surface area contributed by atoms with Crippen molar-refractivity contribution >= 4 is 17.6 Å². The van der Waals surface area contributed by atoms with Gasteiger partial charge in [-0.25, -0.2) is 0 Å². The molecule has 0 bridgehead atoms. The molecule has 5 rings (SSSR count). The summed E-state index contributed by atoms with van der Waals surface area (Å²) in [5, 5.41) is 13.8. The molecule has 43 heavy (non-hydrogen) atoms. The topological polar surface area (TPSA) is 107 Å². The smallest absolute Gasteiger partial charge is 0.309 e. The molecule has 2 heterocycles. The quantitative estimate of drug-likeness (QED) is 0.255. The molecule has 1 amide bonds. The maximum absolute atomic E-state index is 13.6. The first-order valence-corrected chi connectivity index (χ1v) is 15.0. The molecule has 0 saturated carbocycles. The lowest BCUT2D eigenvalue weighted by Crippen LogP contribution is -2.35. The maximum Gasteiger partial charge on any atom is 0.309 e. The summed E-state index contributed by atoms with van der Waals surface area (Å²) in [6.07, 6.45) is 1.59. The average molecular weight is 589 g/mol. The lowest BCUT2D eigenvalue weighted by molar-refractivity contribution is -0.143. The van der Waals surface area contributed by atoms with Gasteiger partial charge in [-0.05, 0) is 66.3 Å². The molecule has 0 aliphatic carbocycles. The lowest BCUT2D eigenvalue weighted by Gasteiger charge is -2.27. The number of nitrogens with one attached hydrogen (secondary N) is 1. The highest BCUT2D eigenvalue weighted by Crippen LogP contribution is 2.47. The largest absolute Gasteiger partial charge is 0.491 e. The predicted molar refractivity (Wildman–Crippen MR) is 163 cm³/mol. The van der Waals surface area contributed by atoms with Gasteiger partial charge in [0.2, 0.25) is 12.7 Å².